The molecular weight excluding hydrogens is 369 g/mol. The number of rotatable bonds is 6. The highest BCUT2D eigenvalue weighted by Crippen LogP contribution is 2.23. The number of carbonyl (C=O) groups excluding carboxylic acids is 2. The molecule has 27 heavy (non-hydrogen) atoms. The fourth-order valence-corrected chi connectivity index (χ4v) is 3.31. The van der Waals surface area contributed by atoms with Gasteiger partial charge in [0.25, 0.3) is 5.91 Å². The van der Waals surface area contributed by atoms with Crippen LogP contribution < -0.4 is 5.32 Å². The molecule has 1 N–H and O–H groups in total. The minimum Gasteiger partial charge on any atom is -0.467 e. The number of nitrogens with one attached hydrogen (secondary N) is 1. The molecule has 6 nitrogen and oxygen atoms in total. The van der Waals surface area contributed by atoms with Gasteiger partial charge >= 0.3 is 0 Å². The zero-order valence-electron chi connectivity index (χ0n) is 14.6. The lowest BCUT2D eigenvalue weighted by Crippen LogP contribution is -2.32. The summed E-state index contributed by atoms with van der Waals surface area (Å²) >= 11 is 1.19. The van der Waals surface area contributed by atoms with Crippen molar-refractivity contribution in [2.75, 3.05) is 12.3 Å². The van der Waals surface area contributed by atoms with E-state index < -0.39 is 0 Å². The third kappa shape index (κ3) is 4.85. The summed E-state index contributed by atoms with van der Waals surface area (Å²) in [6.07, 6.45) is 3.15. The van der Waals surface area contributed by atoms with E-state index in [0.717, 1.165) is 0 Å². The van der Waals surface area contributed by atoms with Crippen LogP contribution in [0.1, 0.15) is 18.2 Å². The second kappa shape index (κ2) is 8.68. The van der Waals surface area contributed by atoms with Crippen molar-refractivity contribution in [3.8, 4) is 0 Å². The van der Waals surface area contributed by atoms with Crippen LogP contribution >= 0.6 is 11.8 Å². The van der Waals surface area contributed by atoms with Gasteiger partial charge in [-0.05, 0) is 42.8 Å². The first-order valence-corrected chi connectivity index (χ1v) is 9.35. The Morgan fingerprint density at radius 3 is 2.78 bits per heavy atom. The van der Waals surface area contributed by atoms with Crippen molar-refractivity contribution in [2.45, 2.75) is 13.5 Å². The maximum atomic E-state index is 13.0. The molecule has 0 aliphatic carbocycles. The first kappa shape index (κ1) is 18.9. The summed E-state index contributed by atoms with van der Waals surface area (Å²) in [5.74, 6) is 0.0402. The number of hydrogen-bond donors (Lipinski definition) is 1. The number of aliphatic imine (C=N–C) groups is 1. The van der Waals surface area contributed by atoms with E-state index in [0.29, 0.717) is 29.6 Å². The van der Waals surface area contributed by atoms with E-state index in [1.807, 2.05) is 6.92 Å². The standard InChI is InChI=1S/C19H18FN3O3S/c1-2-23-18(25)16(10-13-5-7-14(20)8-6-13)22-19(23)27-12-17(24)21-11-15-4-3-9-26-15/h3-10H,2,11-12H2,1H3,(H,21,24). The maximum Gasteiger partial charge on any atom is 0.278 e. The highest BCUT2D eigenvalue weighted by molar-refractivity contribution is 8.14. The summed E-state index contributed by atoms with van der Waals surface area (Å²) in [6.45, 7) is 2.59. The predicted octanol–water partition coefficient (Wildman–Crippen LogP) is 3.03. The Bertz CT molecular complexity index is 876. The van der Waals surface area contributed by atoms with Crippen LogP contribution in [-0.4, -0.2) is 34.2 Å². The minimum absolute atomic E-state index is 0.132. The predicted molar refractivity (Wildman–Crippen MR) is 102 cm³/mol. The minimum atomic E-state index is -0.342. The lowest BCUT2D eigenvalue weighted by Gasteiger charge is -2.14. The van der Waals surface area contributed by atoms with Crippen molar-refractivity contribution in [1.82, 2.24) is 10.2 Å². The second-order valence-electron chi connectivity index (χ2n) is 5.67. The lowest BCUT2D eigenvalue weighted by atomic mass is 10.2. The summed E-state index contributed by atoms with van der Waals surface area (Å²) in [5.41, 5.74) is 0.948. The molecule has 1 aliphatic rings. The molecule has 3 rings (SSSR count). The first-order chi connectivity index (χ1) is 13.1. The Labute approximate surface area is 160 Å². The van der Waals surface area contributed by atoms with Crippen molar-refractivity contribution in [1.29, 1.82) is 0 Å². The number of likely N-dealkylation sites (N-methyl/N-ethyl adjacent to an activating group) is 1. The number of benzene rings is 1. The van der Waals surface area contributed by atoms with Crippen LogP contribution in [0, 0.1) is 5.82 Å². The van der Waals surface area contributed by atoms with E-state index in [1.54, 1.807) is 36.6 Å². The van der Waals surface area contributed by atoms with Crippen LogP contribution in [0.25, 0.3) is 6.08 Å². The van der Waals surface area contributed by atoms with Gasteiger partial charge in [-0.15, -0.1) is 0 Å². The fraction of sp³-hybridized carbons (Fsp3) is 0.211. The van der Waals surface area contributed by atoms with Gasteiger partial charge in [-0.2, -0.15) is 0 Å². The van der Waals surface area contributed by atoms with Gasteiger partial charge in [0.15, 0.2) is 5.17 Å². The highest BCUT2D eigenvalue weighted by atomic mass is 32.2. The number of thioether (sulfide) groups is 1. The van der Waals surface area contributed by atoms with Crippen LogP contribution in [0.5, 0.6) is 0 Å². The van der Waals surface area contributed by atoms with E-state index in [-0.39, 0.29) is 29.1 Å². The summed E-state index contributed by atoms with van der Waals surface area (Å²) in [5, 5.41) is 3.22. The van der Waals surface area contributed by atoms with E-state index in [9.17, 15) is 14.0 Å². The van der Waals surface area contributed by atoms with Crippen molar-refractivity contribution >= 4 is 34.8 Å². The Kier molecular flexibility index (Phi) is 6.08. The lowest BCUT2D eigenvalue weighted by molar-refractivity contribution is -0.122. The zero-order chi connectivity index (χ0) is 19.2. The Hall–Kier alpha value is -2.87. The molecule has 0 fully saturated rings. The molecule has 0 spiro atoms. The zero-order valence-corrected chi connectivity index (χ0v) is 15.5. The number of amides is 2. The molecule has 0 radical (unpaired) electrons. The largest absolute Gasteiger partial charge is 0.467 e. The topological polar surface area (TPSA) is 74.9 Å². The number of hydrogen-bond acceptors (Lipinski definition) is 5. The molecule has 0 atom stereocenters. The normalized spacial score (nSPS) is 15.3. The van der Waals surface area contributed by atoms with Gasteiger partial charge in [0.05, 0.1) is 18.6 Å². The smallest absolute Gasteiger partial charge is 0.278 e. The second-order valence-corrected chi connectivity index (χ2v) is 6.61. The van der Waals surface area contributed by atoms with Crippen LogP contribution in [0.2, 0.25) is 0 Å². The van der Waals surface area contributed by atoms with Gasteiger partial charge in [0.1, 0.15) is 17.3 Å². The molecule has 8 heteroatoms. The molecule has 0 saturated heterocycles. The number of furan rings is 1. The van der Waals surface area contributed by atoms with Crippen molar-refractivity contribution in [3.63, 3.8) is 0 Å². The van der Waals surface area contributed by atoms with Gasteiger partial charge in [0, 0.05) is 6.54 Å². The monoisotopic (exact) mass is 387 g/mol. The molecule has 2 aromatic rings. The fourth-order valence-electron chi connectivity index (χ4n) is 2.42. The van der Waals surface area contributed by atoms with Crippen molar-refractivity contribution in [3.05, 3.63) is 65.5 Å². The van der Waals surface area contributed by atoms with Crippen LogP contribution in [0.3, 0.4) is 0 Å². The molecule has 0 saturated carbocycles. The van der Waals surface area contributed by atoms with Gasteiger partial charge in [0.2, 0.25) is 5.91 Å². The Morgan fingerprint density at radius 1 is 1.33 bits per heavy atom. The Balaban J connectivity index is 1.63. The van der Waals surface area contributed by atoms with Crippen molar-refractivity contribution in [2.24, 2.45) is 4.99 Å². The van der Waals surface area contributed by atoms with Crippen molar-refractivity contribution < 1.29 is 18.4 Å². The van der Waals surface area contributed by atoms with Crippen LogP contribution in [0.4, 0.5) is 4.39 Å². The molecule has 2 amide bonds. The van der Waals surface area contributed by atoms with Gasteiger partial charge in [-0.25, -0.2) is 9.38 Å². The van der Waals surface area contributed by atoms with Gasteiger partial charge < -0.3 is 9.73 Å². The van der Waals surface area contributed by atoms with E-state index >= 15 is 0 Å². The molecule has 0 bridgehead atoms. The van der Waals surface area contributed by atoms with E-state index in [1.165, 1.54) is 28.8 Å². The van der Waals surface area contributed by atoms with E-state index in [2.05, 4.69) is 10.3 Å². The summed E-state index contributed by atoms with van der Waals surface area (Å²) in [6, 6.07) is 9.34. The van der Waals surface area contributed by atoms with E-state index in [4.69, 9.17) is 4.42 Å². The highest BCUT2D eigenvalue weighted by Gasteiger charge is 2.29. The van der Waals surface area contributed by atoms with Gasteiger partial charge in [-0.1, -0.05) is 23.9 Å². The number of nitrogens with zero attached hydrogens (tertiary/aromatic N) is 2. The summed E-state index contributed by atoms with van der Waals surface area (Å²) < 4.78 is 18.2. The maximum absolute atomic E-state index is 13.0. The molecule has 2 heterocycles. The summed E-state index contributed by atoms with van der Waals surface area (Å²) in [7, 11) is 0. The SMILES string of the molecule is CCN1C(=O)C(=Cc2ccc(F)cc2)N=C1SCC(=O)NCc1ccco1. The summed E-state index contributed by atoms with van der Waals surface area (Å²) in [4.78, 5) is 30.3. The van der Waals surface area contributed by atoms with Crippen LogP contribution in [-0.2, 0) is 16.1 Å². The molecule has 140 valence electrons. The molecule has 1 aromatic carbocycles. The third-order valence-corrected chi connectivity index (χ3v) is 4.75. The Morgan fingerprint density at radius 2 is 2.11 bits per heavy atom. The molecule has 1 aliphatic heterocycles. The first-order valence-electron chi connectivity index (χ1n) is 8.36. The molecular formula is C19H18FN3O3S. The number of halogens is 1. The average molecular weight is 387 g/mol. The molecule has 0 unspecified atom stereocenters. The van der Waals surface area contributed by atoms with Gasteiger partial charge in [-0.3, -0.25) is 14.5 Å². The average Bonchev–Trinajstić information content (AvgIpc) is 3.28. The third-order valence-electron chi connectivity index (χ3n) is 3.77. The number of carbonyl (C=O) groups is 2. The number of amidine groups is 1. The molecule has 1 aromatic heterocycles. The van der Waals surface area contributed by atoms with Crippen LogP contribution in [0.15, 0.2) is 57.8 Å². The quantitative estimate of drug-likeness (QED) is 0.773.